The number of carbonyl (C=O) groups excluding carboxylic acids is 1. The van der Waals surface area contributed by atoms with Crippen molar-refractivity contribution in [1.29, 1.82) is 5.26 Å². The zero-order valence-electron chi connectivity index (χ0n) is 10.2. The number of hydrogen-bond donors (Lipinski definition) is 3. The van der Waals surface area contributed by atoms with Crippen molar-refractivity contribution in [2.24, 2.45) is 5.84 Å². The van der Waals surface area contributed by atoms with Crippen LogP contribution in [0.15, 0.2) is 41.0 Å². The predicted molar refractivity (Wildman–Crippen MR) is 78.9 cm³/mol. The van der Waals surface area contributed by atoms with Gasteiger partial charge in [0.25, 0.3) is 5.91 Å². The molecule has 100 valence electrons. The molecule has 0 atom stereocenters. The maximum Gasteiger partial charge on any atom is 0.257 e. The molecule has 4 N–H and O–H groups in total. The van der Waals surface area contributed by atoms with Crippen molar-refractivity contribution in [3.05, 3.63) is 52.1 Å². The van der Waals surface area contributed by atoms with Crippen molar-refractivity contribution in [1.82, 2.24) is 4.98 Å². The molecule has 1 amide bonds. The zero-order valence-corrected chi connectivity index (χ0v) is 11.8. The molecule has 0 bridgehead atoms. The number of amides is 1. The van der Waals surface area contributed by atoms with E-state index in [2.05, 4.69) is 31.7 Å². The van der Waals surface area contributed by atoms with Crippen LogP contribution in [0.5, 0.6) is 0 Å². The minimum atomic E-state index is -0.294. The SMILES string of the molecule is N#Cc1ccc(NC(=O)c2ccc(NN)nc2)cc1Br. The van der Waals surface area contributed by atoms with Crippen LogP contribution in [0.3, 0.4) is 0 Å². The highest BCUT2D eigenvalue weighted by Crippen LogP contribution is 2.21. The van der Waals surface area contributed by atoms with Gasteiger partial charge in [-0.05, 0) is 46.3 Å². The third-order valence-corrected chi connectivity index (χ3v) is 3.18. The molecule has 2 rings (SSSR count). The number of rotatable bonds is 3. The fourth-order valence-electron chi connectivity index (χ4n) is 1.50. The number of carbonyl (C=O) groups is 1. The number of hydrazine groups is 1. The van der Waals surface area contributed by atoms with Gasteiger partial charge in [-0.2, -0.15) is 5.26 Å². The highest BCUT2D eigenvalue weighted by atomic mass is 79.9. The highest BCUT2D eigenvalue weighted by molar-refractivity contribution is 9.10. The van der Waals surface area contributed by atoms with Crippen molar-refractivity contribution < 1.29 is 4.79 Å². The van der Waals surface area contributed by atoms with Crippen molar-refractivity contribution in [2.45, 2.75) is 0 Å². The van der Waals surface area contributed by atoms with E-state index in [1.54, 1.807) is 30.3 Å². The lowest BCUT2D eigenvalue weighted by Gasteiger charge is -2.06. The van der Waals surface area contributed by atoms with E-state index in [0.717, 1.165) is 0 Å². The summed E-state index contributed by atoms with van der Waals surface area (Å²) in [4.78, 5) is 16.0. The van der Waals surface area contributed by atoms with Crippen LogP contribution in [0, 0.1) is 11.3 Å². The highest BCUT2D eigenvalue weighted by Gasteiger charge is 2.08. The van der Waals surface area contributed by atoms with Crippen LogP contribution >= 0.6 is 15.9 Å². The van der Waals surface area contributed by atoms with Gasteiger partial charge >= 0.3 is 0 Å². The lowest BCUT2D eigenvalue weighted by Crippen LogP contribution is -2.13. The quantitative estimate of drug-likeness (QED) is 0.591. The van der Waals surface area contributed by atoms with E-state index in [-0.39, 0.29) is 5.91 Å². The zero-order chi connectivity index (χ0) is 14.5. The van der Waals surface area contributed by atoms with Gasteiger partial charge in [0.15, 0.2) is 0 Å². The second-order valence-corrected chi connectivity index (χ2v) is 4.69. The number of nitrogens with two attached hydrogens (primary N) is 1. The molecule has 0 radical (unpaired) electrons. The van der Waals surface area contributed by atoms with Crippen molar-refractivity contribution in [3.8, 4) is 6.07 Å². The Bertz CT molecular complexity index is 678. The molecular weight excluding hydrogens is 322 g/mol. The van der Waals surface area contributed by atoms with E-state index in [9.17, 15) is 4.79 Å². The topological polar surface area (TPSA) is 104 Å². The van der Waals surface area contributed by atoms with Crippen molar-refractivity contribution in [3.63, 3.8) is 0 Å². The Hall–Kier alpha value is -2.43. The van der Waals surface area contributed by atoms with Crippen molar-refractivity contribution in [2.75, 3.05) is 10.7 Å². The van der Waals surface area contributed by atoms with Gasteiger partial charge < -0.3 is 10.7 Å². The molecular formula is C13H10BrN5O. The van der Waals surface area contributed by atoms with E-state index in [1.807, 2.05) is 6.07 Å². The summed E-state index contributed by atoms with van der Waals surface area (Å²) >= 11 is 3.26. The fourth-order valence-corrected chi connectivity index (χ4v) is 1.97. The molecule has 1 heterocycles. The summed E-state index contributed by atoms with van der Waals surface area (Å²) in [5.41, 5.74) is 3.88. The molecule has 0 aliphatic heterocycles. The van der Waals surface area contributed by atoms with Crippen LogP contribution in [0.4, 0.5) is 11.5 Å². The van der Waals surface area contributed by atoms with Crippen LogP contribution in [-0.2, 0) is 0 Å². The molecule has 1 aromatic heterocycles. The Labute approximate surface area is 123 Å². The molecule has 7 heteroatoms. The Morgan fingerprint density at radius 1 is 1.35 bits per heavy atom. The number of nitriles is 1. The van der Waals surface area contributed by atoms with Gasteiger partial charge in [-0.25, -0.2) is 10.8 Å². The standard InChI is InChI=1S/C13H10BrN5O/c14-11-5-10(3-1-8(11)6-15)18-13(20)9-2-4-12(19-16)17-7-9/h1-5,7H,16H2,(H,17,19)(H,18,20). The Kier molecular flexibility index (Phi) is 4.30. The van der Waals surface area contributed by atoms with E-state index in [4.69, 9.17) is 11.1 Å². The number of aromatic nitrogens is 1. The molecule has 0 saturated heterocycles. The van der Waals surface area contributed by atoms with E-state index >= 15 is 0 Å². The third kappa shape index (κ3) is 3.12. The van der Waals surface area contributed by atoms with Gasteiger partial charge in [-0.15, -0.1) is 0 Å². The number of nitrogens with one attached hydrogen (secondary N) is 2. The maximum atomic E-state index is 12.0. The number of hydrogen-bond acceptors (Lipinski definition) is 5. The summed E-state index contributed by atoms with van der Waals surface area (Å²) < 4.78 is 0.624. The molecule has 2 aromatic rings. The monoisotopic (exact) mass is 331 g/mol. The lowest BCUT2D eigenvalue weighted by atomic mass is 10.2. The first-order valence-corrected chi connectivity index (χ1v) is 6.37. The van der Waals surface area contributed by atoms with Crippen LogP contribution in [0.2, 0.25) is 0 Å². The number of pyridine rings is 1. The van der Waals surface area contributed by atoms with Gasteiger partial charge in [0.05, 0.1) is 11.1 Å². The Morgan fingerprint density at radius 3 is 2.70 bits per heavy atom. The average Bonchev–Trinajstić information content (AvgIpc) is 2.47. The number of nitrogens with zero attached hydrogens (tertiary/aromatic N) is 2. The lowest BCUT2D eigenvalue weighted by molar-refractivity contribution is 0.102. The summed E-state index contributed by atoms with van der Waals surface area (Å²) in [6, 6.07) is 10.2. The molecule has 20 heavy (non-hydrogen) atoms. The second-order valence-electron chi connectivity index (χ2n) is 3.84. The first-order valence-electron chi connectivity index (χ1n) is 5.57. The normalized spacial score (nSPS) is 9.65. The molecule has 0 aliphatic carbocycles. The summed E-state index contributed by atoms with van der Waals surface area (Å²) in [7, 11) is 0. The minimum absolute atomic E-state index is 0.294. The minimum Gasteiger partial charge on any atom is -0.322 e. The van der Waals surface area contributed by atoms with E-state index < -0.39 is 0 Å². The molecule has 1 aromatic carbocycles. The first-order chi connectivity index (χ1) is 9.63. The van der Waals surface area contributed by atoms with Crippen LogP contribution in [-0.4, -0.2) is 10.9 Å². The second kappa shape index (κ2) is 6.14. The summed E-state index contributed by atoms with van der Waals surface area (Å²) in [6.07, 6.45) is 1.42. The largest absolute Gasteiger partial charge is 0.322 e. The molecule has 0 spiro atoms. The first kappa shape index (κ1) is 14.0. The van der Waals surface area contributed by atoms with E-state index in [0.29, 0.717) is 27.1 Å². The van der Waals surface area contributed by atoms with Gasteiger partial charge in [-0.3, -0.25) is 4.79 Å². The maximum absolute atomic E-state index is 12.0. The van der Waals surface area contributed by atoms with Crippen LogP contribution < -0.4 is 16.6 Å². The van der Waals surface area contributed by atoms with Crippen LogP contribution in [0.25, 0.3) is 0 Å². The number of anilines is 2. The Balaban J connectivity index is 2.15. The molecule has 0 aliphatic rings. The molecule has 6 nitrogen and oxygen atoms in total. The summed E-state index contributed by atoms with van der Waals surface area (Å²) in [5, 5.41) is 11.5. The van der Waals surface area contributed by atoms with Gasteiger partial charge in [0, 0.05) is 16.4 Å². The summed E-state index contributed by atoms with van der Waals surface area (Å²) in [6.45, 7) is 0. The third-order valence-electron chi connectivity index (χ3n) is 2.52. The molecule has 0 fully saturated rings. The summed E-state index contributed by atoms with van der Waals surface area (Å²) in [5.74, 6) is 5.38. The molecule has 0 saturated carbocycles. The number of benzene rings is 1. The van der Waals surface area contributed by atoms with Gasteiger partial charge in [-0.1, -0.05) is 0 Å². The van der Waals surface area contributed by atoms with Crippen molar-refractivity contribution >= 4 is 33.3 Å². The Morgan fingerprint density at radius 2 is 2.15 bits per heavy atom. The fraction of sp³-hybridized carbons (Fsp3) is 0. The van der Waals surface area contributed by atoms with Gasteiger partial charge in [0.2, 0.25) is 0 Å². The predicted octanol–water partition coefficient (Wildman–Crippen LogP) is 2.25. The smallest absolute Gasteiger partial charge is 0.257 e. The average molecular weight is 332 g/mol. The molecule has 0 unspecified atom stereocenters. The van der Waals surface area contributed by atoms with Crippen LogP contribution in [0.1, 0.15) is 15.9 Å². The number of nitrogen functional groups attached to an aromatic ring is 1. The van der Waals surface area contributed by atoms with E-state index in [1.165, 1.54) is 6.20 Å². The number of halogens is 1. The van der Waals surface area contributed by atoms with Gasteiger partial charge in [0.1, 0.15) is 11.9 Å².